The molecule has 0 spiro atoms. The number of hydrogen-bond donors (Lipinski definition) is 0. The van der Waals surface area contributed by atoms with Gasteiger partial charge in [-0.3, -0.25) is 4.98 Å². The Hall–Kier alpha value is -1.12. The molecule has 0 saturated heterocycles. The maximum atomic E-state index is 4.73. The molecule has 0 aliphatic rings. The lowest BCUT2D eigenvalue weighted by atomic mass is 10.1. The van der Waals surface area contributed by atoms with Crippen LogP contribution in [0.15, 0.2) is 6.20 Å². The summed E-state index contributed by atoms with van der Waals surface area (Å²) < 4.78 is 0. The van der Waals surface area contributed by atoms with Crippen LogP contribution in [0.1, 0.15) is 76.6 Å². The van der Waals surface area contributed by atoms with Gasteiger partial charge in [0.2, 0.25) is 0 Å². The maximum Gasteiger partial charge on any atom is 0.150 e. The van der Waals surface area contributed by atoms with E-state index < -0.39 is 0 Å². The van der Waals surface area contributed by atoms with Crippen molar-refractivity contribution in [1.82, 2.24) is 9.97 Å². The molecule has 0 saturated carbocycles. The second-order valence-electron chi connectivity index (χ2n) is 6.03. The Morgan fingerprint density at radius 2 is 1.43 bits per heavy atom. The minimum Gasteiger partial charge on any atom is -0.355 e. The van der Waals surface area contributed by atoms with Crippen molar-refractivity contribution in [1.29, 1.82) is 0 Å². The van der Waals surface area contributed by atoms with Gasteiger partial charge in [-0.1, -0.05) is 52.4 Å². The predicted molar refractivity (Wildman–Crippen MR) is 92.0 cm³/mol. The molecule has 3 nitrogen and oxygen atoms in total. The molecule has 1 aromatic rings. The first-order chi connectivity index (χ1) is 10.2. The van der Waals surface area contributed by atoms with E-state index in [9.17, 15) is 0 Å². The van der Waals surface area contributed by atoms with E-state index in [1.807, 2.05) is 13.1 Å². The molecular formula is C18H33N3. The average molecular weight is 291 g/mol. The van der Waals surface area contributed by atoms with Crippen LogP contribution in [0.4, 0.5) is 5.82 Å². The zero-order chi connectivity index (χ0) is 15.5. The zero-order valence-corrected chi connectivity index (χ0v) is 14.5. The summed E-state index contributed by atoms with van der Waals surface area (Å²) in [5.74, 6) is 1.10. The van der Waals surface area contributed by atoms with E-state index in [2.05, 4.69) is 30.7 Å². The minimum atomic E-state index is 1.02. The summed E-state index contributed by atoms with van der Waals surface area (Å²) in [6, 6.07) is 0. The van der Waals surface area contributed by atoms with E-state index >= 15 is 0 Å². The molecule has 0 fully saturated rings. The van der Waals surface area contributed by atoms with Crippen LogP contribution in [0.3, 0.4) is 0 Å². The molecule has 0 N–H and O–H groups in total. The van der Waals surface area contributed by atoms with Crippen molar-refractivity contribution in [3.05, 3.63) is 17.6 Å². The highest BCUT2D eigenvalue weighted by Gasteiger charge is 2.11. The third kappa shape index (κ3) is 6.92. The van der Waals surface area contributed by atoms with E-state index in [0.717, 1.165) is 30.3 Å². The van der Waals surface area contributed by atoms with Crippen molar-refractivity contribution in [2.75, 3.05) is 18.0 Å². The molecule has 120 valence electrons. The number of aryl methyl sites for hydroxylation is 2. The van der Waals surface area contributed by atoms with E-state index in [0.29, 0.717) is 0 Å². The number of aromatic nitrogens is 2. The minimum absolute atomic E-state index is 1.02. The monoisotopic (exact) mass is 291 g/mol. The lowest BCUT2D eigenvalue weighted by Gasteiger charge is -2.25. The molecule has 0 aromatic carbocycles. The first-order valence-electron chi connectivity index (χ1n) is 8.74. The summed E-state index contributed by atoms with van der Waals surface area (Å²) in [4.78, 5) is 11.7. The van der Waals surface area contributed by atoms with Gasteiger partial charge >= 0.3 is 0 Å². The van der Waals surface area contributed by atoms with E-state index in [4.69, 9.17) is 4.98 Å². The second-order valence-corrected chi connectivity index (χ2v) is 6.03. The van der Waals surface area contributed by atoms with Gasteiger partial charge in [0.15, 0.2) is 0 Å². The average Bonchev–Trinajstić information content (AvgIpc) is 2.48. The fraction of sp³-hybridized carbons (Fsp3) is 0.778. The van der Waals surface area contributed by atoms with Crippen LogP contribution in [0.25, 0.3) is 0 Å². The molecule has 0 aliphatic carbocycles. The van der Waals surface area contributed by atoms with Gasteiger partial charge in [-0.2, -0.15) is 0 Å². The highest BCUT2D eigenvalue weighted by molar-refractivity contribution is 5.43. The van der Waals surface area contributed by atoms with Crippen molar-refractivity contribution in [3.63, 3.8) is 0 Å². The Morgan fingerprint density at radius 1 is 0.857 bits per heavy atom. The summed E-state index contributed by atoms with van der Waals surface area (Å²) in [5.41, 5.74) is 2.08. The smallest absolute Gasteiger partial charge is 0.150 e. The fourth-order valence-corrected chi connectivity index (χ4v) is 2.61. The van der Waals surface area contributed by atoms with Gasteiger partial charge in [-0.05, 0) is 26.7 Å². The molecule has 0 atom stereocenters. The van der Waals surface area contributed by atoms with Gasteiger partial charge in [-0.15, -0.1) is 0 Å². The number of nitrogens with zero attached hydrogens (tertiary/aromatic N) is 3. The van der Waals surface area contributed by atoms with Crippen molar-refractivity contribution >= 4 is 5.82 Å². The molecular weight excluding hydrogens is 258 g/mol. The Kier molecular flexibility index (Phi) is 9.04. The highest BCUT2D eigenvalue weighted by Crippen LogP contribution is 2.18. The highest BCUT2D eigenvalue weighted by atomic mass is 15.2. The second kappa shape index (κ2) is 10.6. The molecule has 21 heavy (non-hydrogen) atoms. The maximum absolute atomic E-state index is 4.73. The molecule has 0 amide bonds. The largest absolute Gasteiger partial charge is 0.355 e. The Bertz CT molecular complexity index is 378. The van der Waals surface area contributed by atoms with Crippen LogP contribution >= 0.6 is 0 Å². The SMILES string of the molecule is CCCCCCN(CCCCCC)c1nc(C)cnc1C. The van der Waals surface area contributed by atoms with Crippen LogP contribution in [-0.2, 0) is 0 Å². The summed E-state index contributed by atoms with van der Waals surface area (Å²) >= 11 is 0. The normalized spacial score (nSPS) is 10.9. The van der Waals surface area contributed by atoms with Gasteiger partial charge in [0.25, 0.3) is 0 Å². The Balaban J connectivity index is 2.63. The van der Waals surface area contributed by atoms with Gasteiger partial charge in [0.1, 0.15) is 5.82 Å². The number of hydrogen-bond acceptors (Lipinski definition) is 3. The summed E-state index contributed by atoms with van der Waals surface area (Å²) in [6.45, 7) is 10.9. The van der Waals surface area contributed by atoms with E-state index in [1.54, 1.807) is 0 Å². The van der Waals surface area contributed by atoms with Crippen LogP contribution < -0.4 is 4.90 Å². The summed E-state index contributed by atoms with van der Waals surface area (Å²) in [5, 5.41) is 0. The lowest BCUT2D eigenvalue weighted by molar-refractivity contribution is 0.603. The van der Waals surface area contributed by atoms with E-state index in [1.165, 1.54) is 51.4 Å². The lowest BCUT2D eigenvalue weighted by Crippen LogP contribution is -2.28. The van der Waals surface area contributed by atoms with Gasteiger partial charge in [0.05, 0.1) is 11.4 Å². The third-order valence-electron chi connectivity index (χ3n) is 3.91. The Labute approximate surface area is 131 Å². The molecule has 1 aromatic heterocycles. The van der Waals surface area contributed by atoms with Gasteiger partial charge in [0, 0.05) is 19.3 Å². The van der Waals surface area contributed by atoms with Gasteiger partial charge in [-0.25, -0.2) is 4.98 Å². The molecule has 0 unspecified atom stereocenters. The molecule has 1 rings (SSSR count). The molecule has 0 radical (unpaired) electrons. The number of unbranched alkanes of at least 4 members (excludes halogenated alkanes) is 6. The van der Waals surface area contributed by atoms with Crippen molar-refractivity contribution in [2.45, 2.75) is 79.1 Å². The number of anilines is 1. The van der Waals surface area contributed by atoms with Crippen molar-refractivity contribution < 1.29 is 0 Å². The van der Waals surface area contributed by atoms with Crippen LogP contribution in [0.2, 0.25) is 0 Å². The third-order valence-corrected chi connectivity index (χ3v) is 3.91. The molecule has 0 bridgehead atoms. The van der Waals surface area contributed by atoms with Crippen molar-refractivity contribution in [2.24, 2.45) is 0 Å². The van der Waals surface area contributed by atoms with Crippen LogP contribution in [0, 0.1) is 13.8 Å². The Morgan fingerprint density at radius 3 is 1.95 bits per heavy atom. The standard InChI is InChI=1S/C18H33N3/c1-5-7-9-11-13-21(14-12-10-8-6-2)18-17(4)19-15-16(3)20-18/h15H,5-14H2,1-4H3. The fourth-order valence-electron chi connectivity index (χ4n) is 2.61. The summed E-state index contributed by atoms with van der Waals surface area (Å²) in [7, 11) is 0. The molecule has 0 aliphatic heterocycles. The molecule has 3 heteroatoms. The van der Waals surface area contributed by atoms with Crippen LogP contribution in [0.5, 0.6) is 0 Å². The quantitative estimate of drug-likeness (QED) is 0.534. The van der Waals surface area contributed by atoms with Crippen molar-refractivity contribution in [3.8, 4) is 0 Å². The first kappa shape index (κ1) is 17.9. The van der Waals surface area contributed by atoms with Gasteiger partial charge < -0.3 is 4.90 Å². The number of rotatable bonds is 11. The molecule has 1 heterocycles. The zero-order valence-electron chi connectivity index (χ0n) is 14.5. The first-order valence-corrected chi connectivity index (χ1v) is 8.74. The van der Waals surface area contributed by atoms with Crippen LogP contribution in [-0.4, -0.2) is 23.1 Å². The van der Waals surface area contributed by atoms with E-state index in [-0.39, 0.29) is 0 Å². The topological polar surface area (TPSA) is 29.0 Å². The summed E-state index contributed by atoms with van der Waals surface area (Å²) in [6.07, 6.45) is 12.3. The predicted octanol–water partition coefficient (Wildman–Crippen LogP) is 5.06.